The predicted molar refractivity (Wildman–Crippen MR) is 118 cm³/mol. The highest BCUT2D eigenvalue weighted by Gasteiger charge is 2.16. The average molecular weight is 436 g/mol. The van der Waals surface area contributed by atoms with Gasteiger partial charge in [-0.25, -0.2) is 4.39 Å². The van der Waals surface area contributed by atoms with E-state index in [1.165, 1.54) is 33.5 Å². The molecule has 0 bridgehead atoms. The molecule has 0 aliphatic carbocycles. The van der Waals surface area contributed by atoms with Crippen LogP contribution in [-0.4, -0.2) is 21.3 Å². The van der Waals surface area contributed by atoms with Gasteiger partial charge in [0.15, 0.2) is 16.9 Å². The van der Waals surface area contributed by atoms with Crippen LogP contribution < -0.4 is 24.4 Å². The molecule has 0 spiro atoms. The first-order valence-corrected chi connectivity index (χ1v) is 9.78. The molecule has 164 valence electrons. The lowest BCUT2D eigenvalue weighted by molar-refractivity contribution is 0.300. The van der Waals surface area contributed by atoms with Gasteiger partial charge < -0.3 is 23.4 Å². The van der Waals surface area contributed by atoms with E-state index in [0.29, 0.717) is 50.9 Å². The Morgan fingerprint density at radius 1 is 0.875 bits per heavy atom. The molecular formula is C25H21FO6. The fourth-order valence-corrected chi connectivity index (χ4v) is 3.37. The molecule has 0 aliphatic rings. The highest BCUT2D eigenvalue weighted by molar-refractivity contribution is 5.80. The molecular weight excluding hydrogens is 415 g/mol. The highest BCUT2D eigenvalue weighted by Crippen LogP contribution is 2.41. The zero-order valence-corrected chi connectivity index (χ0v) is 17.8. The summed E-state index contributed by atoms with van der Waals surface area (Å²) in [7, 11) is 4.54. The van der Waals surface area contributed by atoms with Crippen molar-refractivity contribution >= 4 is 11.0 Å². The molecule has 0 atom stereocenters. The highest BCUT2D eigenvalue weighted by atomic mass is 19.1. The van der Waals surface area contributed by atoms with Crippen LogP contribution in [0.25, 0.3) is 22.3 Å². The first-order chi connectivity index (χ1) is 15.5. The van der Waals surface area contributed by atoms with Crippen molar-refractivity contribution in [1.82, 2.24) is 0 Å². The lowest BCUT2D eigenvalue weighted by Crippen LogP contribution is -2.03. The molecule has 3 aromatic carbocycles. The Morgan fingerprint density at radius 3 is 2.25 bits per heavy atom. The number of benzene rings is 3. The van der Waals surface area contributed by atoms with Gasteiger partial charge in [0.05, 0.1) is 26.7 Å². The van der Waals surface area contributed by atoms with E-state index < -0.39 is 0 Å². The number of fused-ring (bicyclic) bond motifs is 1. The van der Waals surface area contributed by atoms with Crippen LogP contribution in [0.2, 0.25) is 0 Å². The maximum Gasteiger partial charge on any atom is 0.203 e. The molecule has 4 rings (SSSR count). The third-order valence-electron chi connectivity index (χ3n) is 5.00. The van der Waals surface area contributed by atoms with Crippen LogP contribution in [0, 0.1) is 5.82 Å². The maximum absolute atomic E-state index is 13.8. The van der Waals surface area contributed by atoms with Crippen LogP contribution in [0.15, 0.2) is 69.9 Å². The Bertz CT molecular complexity index is 1300. The SMILES string of the molecule is COc1cc(-c2cc(=O)c3cc(OCc4ccccc4F)ccc3o2)cc(OC)c1OC. The minimum Gasteiger partial charge on any atom is -0.493 e. The molecule has 32 heavy (non-hydrogen) atoms. The van der Waals surface area contributed by atoms with Crippen LogP contribution in [0.3, 0.4) is 0 Å². The summed E-state index contributed by atoms with van der Waals surface area (Å²) in [4.78, 5) is 12.8. The first-order valence-electron chi connectivity index (χ1n) is 9.78. The molecule has 0 radical (unpaired) electrons. The van der Waals surface area contributed by atoms with Gasteiger partial charge in [-0.1, -0.05) is 18.2 Å². The van der Waals surface area contributed by atoms with Gasteiger partial charge in [-0.15, -0.1) is 0 Å². The van der Waals surface area contributed by atoms with Gasteiger partial charge >= 0.3 is 0 Å². The summed E-state index contributed by atoms with van der Waals surface area (Å²) >= 11 is 0. The summed E-state index contributed by atoms with van der Waals surface area (Å²) in [5.74, 6) is 1.78. The number of rotatable bonds is 7. The zero-order valence-electron chi connectivity index (χ0n) is 17.8. The predicted octanol–water partition coefficient (Wildman–Crippen LogP) is 5.20. The third-order valence-corrected chi connectivity index (χ3v) is 5.00. The zero-order chi connectivity index (χ0) is 22.7. The second-order valence-corrected chi connectivity index (χ2v) is 6.93. The van der Waals surface area contributed by atoms with E-state index in [1.807, 2.05) is 0 Å². The Morgan fingerprint density at radius 2 is 1.59 bits per heavy atom. The van der Waals surface area contributed by atoms with Crippen LogP contribution >= 0.6 is 0 Å². The van der Waals surface area contributed by atoms with E-state index in [1.54, 1.807) is 48.5 Å². The van der Waals surface area contributed by atoms with Gasteiger partial charge in [-0.05, 0) is 36.4 Å². The number of hydrogen-bond acceptors (Lipinski definition) is 6. The number of halogens is 1. The molecule has 7 heteroatoms. The molecule has 0 saturated heterocycles. The van der Waals surface area contributed by atoms with Crippen molar-refractivity contribution < 1.29 is 27.8 Å². The van der Waals surface area contributed by atoms with E-state index >= 15 is 0 Å². The largest absolute Gasteiger partial charge is 0.493 e. The van der Waals surface area contributed by atoms with E-state index in [-0.39, 0.29) is 17.9 Å². The van der Waals surface area contributed by atoms with Crippen LogP contribution in [0.1, 0.15) is 5.56 Å². The molecule has 0 fully saturated rings. The standard InChI is InChI=1S/C25H21FO6/c1-28-23-10-16(11-24(29-2)25(23)30-3)22-13-20(27)18-12-17(8-9-21(18)32-22)31-14-15-6-4-5-7-19(15)26/h4-13H,14H2,1-3H3. The molecule has 0 N–H and O–H groups in total. The van der Waals surface area contributed by atoms with Crippen molar-refractivity contribution in [2.75, 3.05) is 21.3 Å². The minimum atomic E-state index is -0.345. The first kappa shape index (κ1) is 21.2. The molecule has 4 aromatic rings. The fraction of sp³-hybridized carbons (Fsp3) is 0.160. The van der Waals surface area contributed by atoms with E-state index in [2.05, 4.69) is 0 Å². The van der Waals surface area contributed by atoms with Crippen molar-refractivity contribution in [2.24, 2.45) is 0 Å². The minimum absolute atomic E-state index is 0.0486. The summed E-state index contributed by atoms with van der Waals surface area (Å²) < 4.78 is 41.5. The molecule has 1 aromatic heterocycles. The van der Waals surface area contributed by atoms with Crippen LogP contribution in [0.4, 0.5) is 4.39 Å². The topological polar surface area (TPSA) is 67.1 Å². The summed E-state index contributed by atoms with van der Waals surface area (Å²) in [5, 5.41) is 0.354. The van der Waals surface area contributed by atoms with Gasteiger partial charge in [0.25, 0.3) is 0 Å². The molecule has 6 nitrogen and oxygen atoms in total. The van der Waals surface area contributed by atoms with Gasteiger partial charge in [-0.2, -0.15) is 0 Å². The van der Waals surface area contributed by atoms with Crippen molar-refractivity contribution in [3.63, 3.8) is 0 Å². The van der Waals surface area contributed by atoms with E-state index in [9.17, 15) is 9.18 Å². The summed E-state index contributed by atoms with van der Waals surface area (Å²) in [6.07, 6.45) is 0. The Hall–Kier alpha value is -4.00. The molecule has 1 heterocycles. The Balaban J connectivity index is 1.68. The van der Waals surface area contributed by atoms with Crippen LogP contribution in [-0.2, 0) is 6.61 Å². The van der Waals surface area contributed by atoms with Gasteiger partial charge in [-0.3, -0.25) is 4.79 Å². The number of methoxy groups -OCH3 is 3. The molecule has 0 aliphatic heterocycles. The molecule has 0 saturated carbocycles. The second-order valence-electron chi connectivity index (χ2n) is 6.93. The number of hydrogen-bond donors (Lipinski definition) is 0. The summed E-state index contributed by atoms with van der Waals surface area (Å²) in [5.41, 5.74) is 1.17. The quantitative estimate of drug-likeness (QED) is 0.397. The monoisotopic (exact) mass is 436 g/mol. The van der Waals surface area contributed by atoms with Gasteiger partial charge in [0.2, 0.25) is 5.75 Å². The Labute approximate surface area is 183 Å². The smallest absolute Gasteiger partial charge is 0.203 e. The van der Waals surface area contributed by atoms with Crippen molar-refractivity contribution in [3.05, 3.63) is 82.3 Å². The van der Waals surface area contributed by atoms with E-state index in [4.69, 9.17) is 23.4 Å². The summed E-state index contributed by atoms with van der Waals surface area (Å²) in [6, 6.07) is 16.1. The Kier molecular flexibility index (Phi) is 5.98. The lowest BCUT2D eigenvalue weighted by atomic mass is 10.1. The molecule has 0 amide bonds. The molecule has 0 unspecified atom stereocenters. The fourth-order valence-electron chi connectivity index (χ4n) is 3.37. The average Bonchev–Trinajstić information content (AvgIpc) is 2.82. The van der Waals surface area contributed by atoms with Crippen molar-refractivity contribution in [3.8, 4) is 34.3 Å². The third kappa shape index (κ3) is 4.09. The normalized spacial score (nSPS) is 10.8. The van der Waals surface area contributed by atoms with Gasteiger partial charge in [0, 0.05) is 17.2 Å². The van der Waals surface area contributed by atoms with Crippen molar-refractivity contribution in [1.29, 1.82) is 0 Å². The maximum atomic E-state index is 13.8. The lowest BCUT2D eigenvalue weighted by Gasteiger charge is -2.14. The van der Waals surface area contributed by atoms with Crippen molar-refractivity contribution in [2.45, 2.75) is 6.61 Å². The summed E-state index contributed by atoms with van der Waals surface area (Å²) in [6.45, 7) is 0.0486. The number of ether oxygens (including phenoxy) is 4. The van der Waals surface area contributed by atoms with E-state index in [0.717, 1.165) is 0 Å². The van der Waals surface area contributed by atoms with Gasteiger partial charge in [0.1, 0.15) is 29.5 Å². The van der Waals surface area contributed by atoms with Crippen LogP contribution in [0.5, 0.6) is 23.0 Å². The second kappa shape index (κ2) is 9.01.